The van der Waals surface area contributed by atoms with Crippen LogP contribution in [0.2, 0.25) is 0 Å². The van der Waals surface area contributed by atoms with Crippen LogP contribution >= 0.6 is 0 Å². The first-order valence-electron chi connectivity index (χ1n) is 8.36. The second kappa shape index (κ2) is 8.40. The van der Waals surface area contributed by atoms with Crippen molar-refractivity contribution in [1.29, 1.82) is 0 Å². The third kappa shape index (κ3) is 5.33. The van der Waals surface area contributed by atoms with E-state index in [4.69, 9.17) is 0 Å². The fourth-order valence-electron chi connectivity index (χ4n) is 3.24. The third-order valence-electron chi connectivity index (χ3n) is 4.61. The summed E-state index contributed by atoms with van der Waals surface area (Å²) in [5.41, 5.74) is 2.19. The lowest BCUT2D eigenvalue weighted by molar-refractivity contribution is 0.189. The van der Waals surface area contributed by atoms with E-state index in [0.29, 0.717) is 5.75 Å². The lowest BCUT2D eigenvalue weighted by Crippen LogP contribution is -2.35. The predicted octanol–water partition coefficient (Wildman–Crippen LogP) is 3.44. The molecule has 0 bridgehead atoms. The van der Waals surface area contributed by atoms with Gasteiger partial charge >= 0.3 is 0 Å². The quantitative estimate of drug-likeness (QED) is 0.755. The van der Waals surface area contributed by atoms with Gasteiger partial charge in [0.25, 0.3) is 0 Å². The second-order valence-electron chi connectivity index (χ2n) is 6.43. The molecule has 3 nitrogen and oxygen atoms in total. The van der Waals surface area contributed by atoms with Gasteiger partial charge in [-0.15, -0.1) is 0 Å². The third-order valence-corrected chi connectivity index (χ3v) is 4.61. The predicted molar refractivity (Wildman–Crippen MR) is 88.7 cm³/mol. The number of phenolic OH excluding ortho intramolecular Hbond substituents is 1. The summed E-state index contributed by atoms with van der Waals surface area (Å²) in [7, 11) is 2.27. The summed E-state index contributed by atoms with van der Waals surface area (Å²) >= 11 is 0. The van der Waals surface area contributed by atoms with Gasteiger partial charge in [-0.1, -0.05) is 37.0 Å². The minimum atomic E-state index is 0.396. The van der Waals surface area contributed by atoms with Gasteiger partial charge in [0, 0.05) is 18.2 Å². The van der Waals surface area contributed by atoms with Gasteiger partial charge in [0.15, 0.2) is 0 Å². The number of hydrogen-bond donors (Lipinski definition) is 2. The number of aromatic hydroxyl groups is 1. The van der Waals surface area contributed by atoms with Crippen LogP contribution in [0.15, 0.2) is 18.2 Å². The molecule has 2 N–H and O–H groups in total. The molecule has 0 atom stereocenters. The SMILES string of the molecule is Cc1ccc(O)c(CNCCCN(C)C2CCCCC2)c1. The number of nitrogens with zero attached hydrogens (tertiary/aromatic N) is 1. The average Bonchev–Trinajstić information content (AvgIpc) is 2.51. The van der Waals surface area contributed by atoms with E-state index in [1.807, 2.05) is 6.07 Å². The molecule has 0 spiro atoms. The van der Waals surface area contributed by atoms with Crippen molar-refractivity contribution in [2.75, 3.05) is 20.1 Å². The van der Waals surface area contributed by atoms with Crippen molar-refractivity contribution in [3.05, 3.63) is 29.3 Å². The molecule has 0 saturated heterocycles. The maximum absolute atomic E-state index is 9.80. The Labute approximate surface area is 129 Å². The second-order valence-corrected chi connectivity index (χ2v) is 6.43. The van der Waals surface area contributed by atoms with E-state index < -0.39 is 0 Å². The van der Waals surface area contributed by atoms with Crippen molar-refractivity contribution in [2.45, 2.75) is 58.0 Å². The zero-order chi connectivity index (χ0) is 15.1. The smallest absolute Gasteiger partial charge is 0.120 e. The summed E-state index contributed by atoms with van der Waals surface area (Å²) in [5.74, 6) is 0.396. The zero-order valence-electron chi connectivity index (χ0n) is 13.6. The molecule has 21 heavy (non-hydrogen) atoms. The zero-order valence-corrected chi connectivity index (χ0v) is 13.6. The van der Waals surface area contributed by atoms with E-state index in [1.54, 1.807) is 6.07 Å². The van der Waals surface area contributed by atoms with Crippen LogP contribution < -0.4 is 5.32 Å². The van der Waals surface area contributed by atoms with Crippen LogP contribution in [-0.4, -0.2) is 36.2 Å². The van der Waals surface area contributed by atoms with Gasteiger partial charge in [0.2, 0.25) is 0 Å². The van der Waals surface area contributed by atoms with Crippen LogP contribution in [0.1, 0.15) is 49.7 Å². The number of nitrogens with one attached hydrogen (secondary N) is 1. The highest BCUT2D eigenvalue weighted by molar-refractivity contribution is 5.35. The Morgan fingerprint density at radius 1 is 1.24 bits per heavy atom. The van der Waals surface area contributed by atoms with Crippen LogP contribution in [0.5, 0.6) is 5.75 Å². The molecule has 1 aromatic carbocycles. The molecule has 0 radical (unpaired) electrons. The van der Waals surface area contributed by atoms with E-state index in [-0.39, 0.29) is 0 Å². The van der Waals surface area contributed by atoms with Gasteiger partial charge in [-0.05, 0) is 52.4 Å². The van der Waals surface area contributed by atoms with Gasteiger partial charge in [-0.2, -0.15) is 0 Å². The van der Waals surface area contributed by atoms with Crippen molar-refractivity contribution in [2.24, 2.45) is 0 Å². The van der Waals surface area contributed by atoms with Crippen molar-refractivity contribution < 1.29 is 5.11 Å². The lowest BCUT2D eigenvalue weighted by Gasteiger charge is -2.31. The Hall–Kier alpha value is -1.06. The minimum Gasteiger partial charge on any atom is -0.508 e. The Morgan fingerprint density at radius 2 is 2.00 bits per heavy atom. The summed E-state index contributed by atoms with van der Waals surface area (Å²) < 4.78 is 0. The Morgan fingerprint density at radius 3 is 2.76 bits per heavy atom. The van der Waals surface area contributed by atoms with Crippen molar-refractivity contribution in [3.8, 4) is 5.75 Å². The molecule has 1 saturated carbocycles. The van der Waals surface area contributed by atoms with Gasteiger partial charge in [0.05, 0.1) is 0 Å². The van der Waals surface area contributed by atoms with E-state index >= 15 is 0 Å². The molecule has 1 fully saturated rings. The first kappa shape index (κ1) is 16.3. The Balaban J connectivity index is 1.62. The highest BCUT2D eigenvalue weighted by Crippen LogP contribution is 2.21. The van der Waals surface area contributed by atoms with E-state index in [0.717, 1.165) is 31.2 Å². The largest absolute Gasteiger partial charge is 0.508 e. The van der Waals surface area contributed by atoms with Crippen molar-refractivity contribution >= 4 is 0 Å². The van der Waals surface area contributed by atoms with Crippen LogP contribution in [-0.2, 0) is 6.54 Å². The fraction of sp³-hybridized carbons (Fsp3) is 0.667. The molecule has 118 valence electrons. The van der Waals surface area contributed by atoms with Gasteiger partial charge in [-0.25, -0.2) is 0 Å². The molecule has 2 rings (SSSR count). The maximum atomic E-state index is 9.80. The molecular weight excluding hydrogens is 260 g/mol. The van der Waals surface area contributed by atoms with Crippen molar-refractivity contribution in [1.82, 2.24) is 10.2 Å². The number of rotatable bonds is 7. The molecule has 0 aromatic heterocycles. The van der Waals surface area contributed by atoms with Gasteiger partial charge in [0.1, 0.15) is 5.75 Å². The summed E-state index contributed by atoms with van der Waals surface area (Å²) in [6, 6.07) is 6.58. The highest BCUT2D eigenvalue weighted by Gasteiger charge is 2.17. The molecule has 3 heteroatoms. The number of benzene rings is 1. The number of hydrogen-bond acceptors (Lipinski definition) is 3. The minimum absolute atomic E-state index is 0.396. The average molecular weight is 290 g/mol. The molecule has 0 heterocycles. The number of aryl methyl sites for hydroxylation is 1. The number of phenols is 1. The highest BCUT2D eigenvalue weighted by atomic mass is 16.3. The summed E-state index contributed by atoms with van der Waals surface area (Å²) in [6.07, 6.45) is 8.15. The first-order chi connectivity index (χ1) is 10.2. The van der Waals surface area contributed by atoms with Gasteiger partial charge < -0.3 is 15.3 Å². The summed E-state index contributed by atoms with van der Waals surface area (Å²) in [5, 5.41) is 13.2. The van der Waals surface area contributed by atoms with Crippen LogP contribution in [0.4, 0.5) is 0 Å². The summed E-state index contributed by atoms with van der Waals surface area (Å²) in [6.45, 7) is 4.98. The molecule has 1 aliphatic carbocycles. The maximum Gasteiger partial charge on any atom is 0.120 e. The normalized spacial score (nSPS) is 16.5. The van der Waals surface area contributed by atoms with Crippen LogP contribution in [0.3, 0.4) is 0 Å². The first-order valence-corrected chi connectivity index (χ1v) is 8.36. The standard InChI is InChI=1S/C18H30N2O/c1-15-9-10-18(21)16(13-15)14-19-11-6-12-20(2)17-7-4-3-5-8-17/h9-10,13,17,19,21H,3-8,11-12,14H2,1-2H3. The molecular formula is C18H30N2O. The molecule has 1 aliphatic rings. The topological polar surface area (TPSA) is 35.5 Å². The Kier molecular flexibility index (Phi) is 6.52. The molecule has 0 aliphatic heterocycles. The van der Waals surface area contributed by atoms with Gasteiger partial charge in [-0.3, -0.25) is 0 Å². The van der Waals surface area contributed by atoms with E-state index in [1.165, 1.54) is 44.1 Å². The van der Waals surface area contributed by atoms with E-state index in [2.05, 4.69) is 30.3 Å². The molecule has 0 amide bonds. The monoisotopic (exact) mass is 290 g/mol. The summed E-state index contributed by atoms with van der Waals surface area (Å²) in [4.78, 5) is 2.53. The molecule has 0 unspecified atom stereocenters. The Bertz CT molecular complexity index is 427. The lowest BCUT2D eigenvalue weighted by atomic mass is 9.94. The molecule has 1 aromatic rings. The van der Waals surface area contributed by atoms with Crippen LogP contribution in [0, 0.1) is 6.92 Å². The van der Waals surface area contributed by atoms with Crippen molar-refractivity contribution in [3.63, 3.8) is 0 Å². The fourth-order valence-corrected chi connectivity index (χ4v) is 3.24. The van der Waals surface area contributed by atoms with E-state index in [9.17, 15) is 5.11 Å². The van der Waals surface area contributed by atoms with Crippen LogP contribution in [0.25, 0.3) is 0 Å².